The fourth-order valence-electron chi connectivity index (χ4n) is 3.75. The van der Waals surface area contributed by atoms with Crippen LogP contribution in [0.4, 0.5) is 5.82 Å². The van der Waals surface area contributed by atoms with Crippen molar-refractivity contribution in [3.63, 3.8) is 0 Å². The number of hydrogen-bond acceptors (Lipinski definition) is 5. The normalized spacial score (nSPS) is 14.5. The summed E-state index contributed by atoms with van der Waals surface area (Å²) < 4.78 is 2.95. The summed E-state index contributed by atoms with van der Waals surface area (Å²) in [6, 6.07) is 16.0. The van der Waals surface area contributed by atoms with Gasteiger partial charge in [0.05, 0.1) is 16.3 Å². The number of pyridine rings is 1. The molecule has 1 saturated heterocycles. The van der Waals surface area contributed by atoms with Crippen LogP contribution in [0.15, 0.2) is 59.2 Å². The predicted octanol–water partition coefficient (Wildman–Crippen LogP) is 4.52. The average Bonchev–Trinajstić information content (AvgIpc) is 3.35. The quantitative estimate of drug-likeness (QED) is 0.431. The number of aryl methyl sites for hydroxylation is 1. The number of piperazine rings is 1. The summed E-state index contributed by atoms with van der Waals surface area (Å²) in [6.07, 6.45) is 1.81. The van der Waals surface area contributed by atoms with Gasteiger partial charge in [-0.3, -0.25) is 4.79 Å². The van der Waals surface area contributed by atoms with Crippen molar-refractivity contribution in [1.82, 2.24) is 19.7 Å². The van der Waals surface area contributed by atoms with Gasteiger partial charge in [0, 0.05) is 42.2 Å². The van der Waals surface area contributed by atoms with E-state index < -0.39 is 0 Å². The molecular weight excluding hydrogens is 462 g/mol. The fourth-order valence-corrected chi connectivity index (χ4v) is 5.16. The number of amides is 1. The van der Waals surface area contributed by atoms with Crippen molar-refractivity contribution in [3.8, 4) is 5.69 Å². The van der Waals surface area contributed by atoms with Crippen LogP contribution in [0, 0.1) is 6.92 Å². The number of nitrogens with zero attached hydrogens (tertiary/aromatic N) is 5. The van der Waals surface area contributed by atoms with E-state index in [1.807, 2.05) is 65.0 Å². The fraction of sp³-hybridized carbons (Fsp3) is 0.227. The Morgan fingerprint density at radius 1 is 1.07 bits per heavy atom. The molecule has 0 atom stereocenters. The van der Waals surface area contributed by atoms with Crippen molar-refractivity contribution >= 4 is 49.2 Å². The van der Waals surface area contributed by atoms with Crippen LogP contribution in [0.2, 0.25) is 0 Å². The lowest BCUT2D eigenvalue weighted by molar-refractivity contribution is 0.0751. The van der Waals surface area contributed by atoms with Gasteiger partial charge < -0.3 is 9.80 Å². The summed E-state index contributed by atoms with van der Waals surface area (Å²) in [6.45, 7) is 4.96. The maximum atomic E-state index is 13.2. The largest absolute Gasteiger partial charge is 0.353 e. The van der Waals surface area contributed by atoms with E-state index in [0.717, 1.165) is 49.9 Å². The number of carbonyl (C=O) groups is 1. The highest BCUT2D eigenvalue weighted by Gasteiger charge is 2.25. The van der Waals surface area contributed by atoms with Crippen molar-refractivity contribution in [2.75, 3.05) is 31.1 Å². The van der Waals surface area contributed by atoms with E-state index in [-0.39, 0.29) is 5.91 Å². The molecule has 5 rings (SSSR count). The summed E-state index contributed by atoms with van der Waals surface area (Å²) in [4.78, 5) is 23.5. The van der Waals surface area contributed by atoms with Gasteiger partial charge in [-0.05, 0) is 49.4 Å². The van der Waals surface area contributed by atoms with Crippen LogP contribution in [0.1, 0.15) is 15.4 Å². The van der Waals surface area contributed by atoms with Gasteiger partial charge in [-0.2, -0.15) is 5.10 Å². The molecule has 0 N–H and O–H groups in total. The van der Waals surface area contributed by atoms with Gasteiger partial charge in [-0.25, -0.2) is 9.67 Å². The SMILES string of the molecule is Cc1nn(-c2ccc(Br)cc2)c2sc(C(=O)N3CCN(c4ccccn4)CC3)cc12. The Labute approximate surface area is 186 Å². The zero-order valence-electron chi connectivity index (χ0n) is 16.5. The van der Waals surface area contributed by atoms with Crippen LogP contribution in [0.3, 0.4) is 0 Å². The summed E-state index contributed by atoms with van der Waals surface area (Å²) >= 11 is 4.99. The lowest BCUT2D eigenvalue weighted by Gasteiger charge is -2.35. The molecule has 0 bridgehead atoms. The zero-order valence-corrected chi connectivity index (χ0v) is 18.9. The van der Waals surface area contributed by atoms with Crippen molar-refractivity contribution in [3.05, 3.63) is 69.8 Å². The number of halogens is 1. The van der Waals surface area contributed by atoms with E-state index >= 15 is 0 Å². The van der Waals surface area contributed by atoms with E-state index in [0.29, 0.717) is 13.1 Å². The maximum absolute atomic E-state index is 13.2. The van der Waals surface area contributed by atoms with E-state index in [1.165, 1.54) is 11.3 Å². The Balaban J connectivity index is 1.37. The maximum Gasteiger partial charge on any atom is 0.264 e. The van der Waals surface area contributed by atoms with Crippen molar-refractivity contribution in [2.24, 2.45) is 0 Å². The smallest absolute Gasteiger partial charge is 0.264 e. The molecule has 6 nitrogen and oxygen atoms in total. The second kappa shape index (κ2) is 7.85. The second-order valence-electron chi connectivity index (χ2n) is 7.27. The lowest BCUT2D eigenvalue weighted by atomic mass is 10.2. The molecule has 1 amide bonds. The highest BCUT2D eigenvalue weighted by atomic mass is 79.9. The number of anilines is 1. The third-order valence-electron chi connectivity index (χ3n) is 5.37. The van der Waals surface area contributed by atoms with Crippen LogP contribution < -0.4 is 4.90 Å². The molecule has 8 heteroatoms. The summed E-state index contributed by atoms with van der Waals surface area (Å²) in [5.74, 6) is 1.07. The molecule has 4 heterocycles. The first-order chi connectivity index (χ1) is 14.6. The lowest BCUT2D eigenvalue weighted by Crippen LogP contribution is -2.48. The van der Waals surface area contributed by atoms with E-state index in [9.17, 15) is 4.79 Å². The van der Waals surface area contributed by atoms with Crippen LogP contribution in [0.25, 0.3) is 15.9 Å². The van der Waals surface area contributed by atoms with E-state index in [1.54, 1.807) is 6.20 Å². The Bertz CT molecular complexity index is 1190. The molecule has 0 spiro atoms. The molecule has 4 aromatic rings. The second-order valence-corrected chi connectivity index (χ2v) is 9.22. The number of rotatable bonds is 3. The molecule has 0 saturated carbocycles. The summed E-state index contributed by atoms with van der Waals surface area (Å²) in [5.41, 5.74) is 1.92. The van der Waals surface area contributed by atoms with Gasteiger partial charge in [0.25, 0.3) is 5.91 Å². The Hall–Kier alpha value is -2.71. The topological polar surface area (TPSA) is 54.3 Å². The number of fused-ring (bicyclic) bond motifs is 1. The van der Waals surface area contributed by atoms with Crippen LogP contribution >= 0.6 is 27.3 Å². The number of carbonyl (C=O) groups excluding carboxylic acids is 1. The summed E-state index contributed by atoms with van der Waals surface area (Å²) in [5, 5.41) is 5.72. The first-order valence-electron chi connectivity index (χ1n) is 9.80. The predicted molar refractivity (Wildman–Crippen MR) is 124 cm³/mol. The van der Waals surface area contributed by atoms with E-state index in [4.69, 9.17) is 0 Å². The molecule has 1 aliphatic heterocycles. The third kappa shape index (κ3) is 3.50. The minimum atomic E-state index is 0.0960. The van der Waals surface area contributed by atoms with Gasteiger partial charge in [-0.1, -0.05) is 22.0 Å². The Morgan fingerprint density at radius 3 is 2.53 bits per heavy atom. The van der Waals surface area contributed by atoms with Crippen LogP contribution in [-0.4, -0.2) is 51.8 Å². The van der Waals surface area contributed by atoms with Crippen LogP contribution in [-0.2, 0) is 0 Å². The number of thiophene rings is 1. The molecular formula is C22H20BrN5OS. The number of benzene rings is 1. The summed E-state index contributed by atoms with van der Waals surface area (Å²) in [7, 11) is 0. The van der Waals surface area contributed by atoms with E-state index in [2.05, 4.69) is 30.9 Å². The Morgan fingerprint density at radius 2 is 1.83 bits per heavy atom. The minimum absolute atomic E-state index is 0.0960. The first kappa shape index (κ1) is 19.3. The molecule has 0 unspecified atom stereocenters. The Kier molecular flexibility index (Phi) is 5.04. The van der Waals surface area contributed by atoms with Crippen molar-refractivity contribution in [1.29, 1.82) is 0 Å². The standard InChI is InChI=1S/C22H20BrN5OS/c1-15-18-14-19(30-22(18)28(25-15)17-7-5-16(23)6-8-17)21(29)27-12-10-26(11-13-27)20-4-2-3-9-24-20/h2-9,14H,10-13H2,1H3. The molecule has 1 aliphatic rings. The number of aromatic nitrogens is 3. The molecule has 0 aliphatic carbocycles. The van der Waals surface area contributed by atoms with Crippen molar-refractivity contribution < 1.29 is 4.79 Å². The molecule has 152 valence electrons. The van der Waals surface area contributed by atoms with Gasteiger partial charge in [0.2, 0.25) is 0 Å². The van der Waals surface area contributed by atoms with Gasteiger partial charge >= 0.3 is 0 Å². The van der Waals surface area contributed by atoms with Crippen LogP contribution in [0.5, 0.6) is 0 Å². The monoisotopic (exact) mass is 481 g/mol. The van der Waals surface area contributed by atoms with Gasteiger partial charge in [0.15, 0.2) is 0 Å². The highest BCUT2D eigenvalue weighted by Crippen LogP contribution is 2.31. The van der Waals surface area contributed by atoms with Gasteiger partial charge in [0.1, 0.15) is 10.6 Å². The molecule has 0 radical (unpaired) electrons. The molecule has 30 heavy (non-hydrogen) atoms. The minimum Gasteiger partial charge on any atom is -0.353 e. The molecule has 3 aromatic heterocycles. The molecule has 1 aromatic carbocycles. The van der Waals surface area contributed by atoms with Crippen molar-refractivity contribution in [2.45, 2.75) is 6.92 Å². The highest BCUT2D eigenvalue weighted by molar-refractivity contribution is 9.10. The van der Waals surface area contributed by atoms with Gasteiger partial charge in [-0.15, -0.1) is 11.3 Å². The zero-order chi connectivity index (χ0) is 20.7. The number of hydrogen-bond donors (Lipinski definition) is 0. The first-order valence-corrected chi connectivity index (χ1v) is 11.4. The third-order valence-corrected chi connectivity index (χ3v) is 6.99. The average molecular weight is 482 g/mol. The molecule has 1 fully saturated rings.